The second-order valence-corrected chi connectivity index (χ2v) is 10.3. The Morgan fingerprint density at radius 1 is 0.839 bits per heavy atom. The van der Waals surface area contributed by atoms with E-state index in [9.17, 15) is 0 Å². The Kier molecular flexibility index (Phi) is 6.29. The van der Waals surface area contributed by atoms with Gasteiger partial charge in [0.05, 0.1) is 0 Å². The number of fused-ring (bicyclic) bond motifs is 1. The fraction of sp³-hybridized carbons (Fsp3) is 0.517. The van der Waals surface area contributed by atoms with Gasteiger partial charge in [-0.25, -0.2) is 0 Å². The minimum absolute atomic E-state index is 0.713. The fourth-order valence-corrected chi connectivity index (χ4v) is 6.32. The number of hydrogen-bond acceptors (Lipinski definition) is 2. The molecule has 0 aromatic heterocycles. The summed E-state index contributed by atoms with van der Waals surface area (Å²) in [5.41, 5.74) is 5.98. The number of rotatable bonds is 6. The van der Waals surface area contributed by atoms with Crippen LogP contribution in [0.2, 0.25) is 0 Å². The summed E-state index contributed by atoms with van der Waals surface area (Å²) in [7, 11) is 0. The van der Waals surface area contributed by atoms with Crippen molar-refractivity contribution in [1.82, 2.24) is 9.80 Å². The number of allylic oxidation sites excluding steroid dienone is 1. The Morgan fingerprint density at radius 3 is 2.32 bits per heavy atom. The molecule has 164 valence electrons. The van der Waals surface area contributed by atoms with Crippen molar-refractivity contribution in [2.24, 2.45) is 11.8 Å². The van der Waals surface area contributed by atoms with Crippen molar-refractivity contribution < 1.29 is 0 Å². The maximum absolute atomic E-state index is 2.72. The highest BCUT2D eigenvalue weighted by atomic mass is 15.2. The molecule has 1 aliphatic carbocycles. The van der Waals surface area contributed by atoms with Gasteiger partial charge in [-0.15, -0.1) is 0 Å². The highest BCUT2D eigenvalue weighted by Crippen LogP contribution is 2.43. The molecule has 4 atom stereocenters. The van der Waals surface area contributed by atoms with E-state index in [4.69, 9.17) is 0 Å². The molecular formula is C29H38N2. The summed E-state index contributed by atoms with van der Waals surface area (Å²) in [5.74, 6) is 1.52. The average Bonchev–Trinajstić information content (AvgIpc) is 3.35. The minimum Gasteiger partial charge on any atom is -0.298 e. The Labute approximate surface area is 189 Å². The van der Waals surface area contributed by atoms with E-state index in [0.717, 1.165) is 24.5 Å². The normalized spacial score (nSPS) is 29.2. The van der Waals surface area contributed by atoms with E-state index in [0.29, 0.717) is 5.92 Å². The molecule has 0 bridgehead atoms. The van der Waals surface area contributed by atoms with Gasteiger partial charge in [0.2, 0.25) is 0 Å². The number of piperidine rings is 1. The van der Waals surface area contributed by atoms with Crippen LogP contribution in [0.25, 0.3) is 5.57 Å². The Bertz CT molecular complexity index is 875. The standard InChI is InChI=1S/C29H38N2/c1-22-7-6-8-23(2)31(22)18-17-24-11-13-26(14-12-24)28-16-15-27-20-30(21-29(27)28)19-25-9-4-3-5-10-25/h3-5,9-14,16,22-23,27,29H,6-8,15,17-21H2,1-2H3/t22-,23+,27?,29?. The lowest BCUT2D eigenvalue weighted by molar-refractivity contribution is 0.105. The summed E-state index contributed by atoms with van der Waals surface area (Å²) in [6, 6.07) is 22.0. The van der Waals surface area contributed by atoms with Crippen LogP contribution in [0, 0.1) is 11.8 Å². The van der Waals surface area contributed by atoms with Crippen LogP contribution in [-0.4, -0.2) is 41.5 Å². The van der Waals surface area contributed by atoms with Gasteiger partial charge < -0.3 is 0 Å². The van der Waals surface area contributed by atoms with Crippen LogP contribution >= 0.6 is 0 Å². The molecule has 2 heterocycles. The van der Waals surface area contributed by atoms with Crippen molar-refractivity contribution in [2.75, 3.05) is 19.6 Å². The number of hydrogen-bond donors (Lipinski definition) is 0. The van der Waals surface area contributed by atoms with Crippen molar-refractivity contribution in [3.8, 4) is 0 Å². The van der Waals surface area contributed by atoms with Gasteiger partial charge in [0, 0.05) is 44.2 Å². The number of benzene rings is 2. The smallest absolute Gasteiger partial charge is 0.0234 e. The van der Waals surface area contributed by atoms with Crippen LogP contribution in [0.4, 0.5) is 0 Å². The summed E-state index contributed by atoms with van der Waals surface area (Å²) in [4.78, 5) is 5.38. The van der Waals surface area contributed by atoms with Crippen molar-refractivity contribution in [2.45, 2.75) is 64.6 Å². The minimum atomic E-state index is 0.713. The molecule has 0 radical (unpaired) electrons. The zero-order chi connectivity index (χ0) is 21.2. The lowest BCUT2D eigenvalue weighted by atomic mass is 9.90. The second-order valence-electron chi connectivity index (χ2n) is 10.3. The third-order valence-electron chi connectivity index (χ3n) is 8.13. The van der Waals surface area contributed by atoms with Crippen molar-refractivity contribution in [1.29, 1.82) is 0 Å². The summed E-state index contributed by atoms with van der Waals surface area (Å²) in [6.07, 6.45) is 9.07. The highest BCUT2D eigenvalue weighted by molar-refractivity contribution is 5.70. The van der Waals surface area contributed by atoms with Crippen LogP contribution < -0.4 is 0 Å². The van der Waals surface area contributed by atoms with Crippen molar-refractivity contribution in [3.05, 3.63) is 77.4 Å². The van der Waals surface area contributed by atoms with E-state index in [1.165, 1.54) is 68.4 Å². The molecule has 0 amide bonds. The SMILES string of the molecule is C[C@@H]1CCC[C@H](C)N1CCc1ccc(C2=CCC3CN(Cc4ccccc4)CC23)cc1. The van der Waals surface area contributed by atoms with E-state index in [-0.39, 0.29) is 0 Å². The van der Waals surface area contributed by atoms with Gasteiger partial charge in [-0.3, -0.25) is 9.80 Å². The van der Waals surface area contributed by atoms with E-state index in [1.807, 2.05) is 0 Å². The van der Waals surface area contributed by atoms with Gasteiger partial charge >= 0.3 is 0 Å². The molecule has 5 rings (SSSR count). The Balaban J connectivity index is 1.18. The maximum atomic E-state index is 2.72. The topological polar surface area (TPSA) is 6.48 Å². The Hall–Kier alpha value is -1.90. The van der Waals surface area contributed by atoms with Gasteiger partial charge in [0.15, 0.2) is 0 Å². The largest absolute Gasteiger partial charge is 0.298 e. The van der Waals surface area contributed by atoms with Crippen LogP contribution in [0.5, 0.6) is 0 Å². The number of likely N-dealkylation sites (tertiary alicyclic amines) is 2. The molecule has 2 nitrogen and oxygen atoms in total. The van der Waals surface area contributed by atoms with Gasteiger partial charge in [0.1, 0.15) is 0 Å². The molecule has 31 heavy (non-hydrogen) atoms. The first-order valence-electron chi connectivity index (χ1n) is 12.5. The predicted molar refractivity (Wildman–Crippen MR) is 131 cm³/mol. The molecule has 2 aliphatic heterocycles. The van der Waals surface area contributed by atoms with Gasteiger partial charge in [0.25, 0.3) is 0 Å². The highest BCUT2D eigenvalue weighted by Gasteiger charge is 2.38. The molecule has 2 fully saturated rings. The summed E-state index contributed by atoms with van der Waals surface area (Å²) >= 11 is 0. The average molecular weight is 415 g/mol. The lowest BCUT2D eigenvalue weighted by Crippen LogP contribution is -2.44. The van der Waals surface area contributed by atoms with Crippen molar-refractivity contribution in [3.63, 3.8) is 0 Å². The van der Waals surface area contributed by atoms with E-state index in [1.54, 1.807) is 5.57 Å². The molecule has 2 heteroatoms. The van der Waals surface area contributed by atoms with Crippen molar-refractivity contribution >= 4 is 5.57 Å². The Morgan fingerprint density at radius 2 is 1.58 bits per heavy atom. The zero-order valence-electron chi connectivity index (χ0n) is 19.3. The number of nitrogens with zero attached hydrogens (tertiary/aromatic N) is 2. The van der Waals surface area contributed by atoms with Crippen LogP contribution in [0.3, 0.4) is 0 Å². The summed E-state index contributed by atoms with van der Waals surface area (Å²) in [5, 5.41) is 0. The fourth-order valence-electron chi connectivity index (χ4n) is 6.32. The molecular weight excluding hydrogens is 376 g/mol. The molecule has 2 unspecified atom stereocenters. The van der Waals surface area contributed by atoms with E-state index < -0.39 is 0 Å². The molecule has 0 spiro atoms. The first-order valence-corrected chi connectivity index (χ1v) is 12.5. The molecule has 2 aromatic carbocycles. The third kappa shape index (κ3) is 4.66. The molecule has 0 N–H and O–H groups in total. The molecule has 3 aliphatic rings. The van der Waals surface area contributed by atoms with Gasteiger partial charge in [-0.05, 0) is 67.7 Å². The van der Waals surface area contributed by atoms with Crippen LogP contribution in [-0.2, 0) is 13.0 Å². The molecule has 2 saturated heterocycles. The maximum Gasteiger partial charge on any atom is 0.0234 e. The predicted octanol–water partition coefficient (Wildman–Crippen LogP) is 6.03. The van der Waals surface area contributed by atoms with Gasteiger partial charge in [-0.2, -0.15) is 0 Å². The molecule has 0 saturated carbocycles. The summed E-state index contributed by atoms with van der Waals surface area (Å²) in [6.45, 7) is 9.55. The quantitative estimate of drug-likeness (QED) is 0.570. The lowest BCUT2D eigenvalue weighted by Gasteiger charge is -2.39. The summed E-state index contributed by atoms with van der Waals surface area (Å²) < 4.78 is 0. The van der Waals surface area contributed by atoms with E-state index in [2.05, 4.69) is 84.3 Å². The second kappa shape index (κ2) is 9.30. The van der Waals surface area contributed by atoms with E-state index >= 15 is 0 Å². The van der Waals surface area contributed by atoms with Crippen LogP contribution in [0.1, 0.15) is 56.2 Å². The van der Waals surface area contributed by atoms with Gasteiger partial charge in [-0.1, -0.05) is 67.1 Å². The monoisotopic (exact) mass is 414 g/mol. The molecule has 2 aromatic rings. The first-order chi connectivity index (χ1) is 15.2. The zero-order valence-corrected chi connectivity index (χ0v) is 19.3. The third-order valence-corrected chi connectivity index (χ3v) is 8.13. The van der Waals surface area contributed by atoms with Crippen LogP contribution in [0.15, 0.2) is 60.7 Å². The first kappa shape index (κ1) is 21.0.